The molecule has 0 unspecified atom stereocenters. The summed E-state index contributed by atoms with van der Waals surface area (Å²) >= 11 is 0. The van der Waals surface area contributed by atoms with Crippen molar-refractivity contribution in [3.63, 3.8) is 0 Å². The lowest BCUT2D eigenvalue weighted by Crippen LogP contribution is -2.11. The van der Waals surface area contributed by atoms with Crippen LogP contribution in [0.15, 0.2) is 42.5 Å². The third-order valence-corrected chi connectivity index (χ3v) is 3.61. The molecule has 0 aliphatic rings. The molecular weight excluding hydrogens is 260 g/mol. The molecule has 3 nitrogen and oxygen atoms in total. The van der Waals surface area contributed by atoms with Crippen molar-refractivity contribution in [3.8, 4) is 11.8 Å². The molecule has 0 aliphatic heterocycles. The lowest BCUT2D eigenvalue weighted by molar-refractivity contribution is 0.300. The summed E-state index contributed by atoms with van der Waals surface area (Å²) in [4.78, 5) is 0. The van der Waals surface area contributed by atoms with Crippen LogP contribution in [-0.4, -0.2) is 0 Å². The van der Waals surface area contributed by atoms with Crippen molar-refractivity contribution < 1.29 is 4.74 Å². The number of nitrogens with two attached hydrogens (primary N) is 1. The zero-order valence-corrected chi connectivity index (χ0v) is 12.5. The van der Waals surface area contributed by atoms with Gasteiger partial charge < -0.3 is 10.5 Å². The van der Waals surface area contributed by atoms with Crippen LogP contribution in [0.1, 0.15) is 41.6 Å². The molecule has 0 amide bonds. The molecule has 2 aromatic rings. The Balaban J connectivity index is 2.16. The Hall–Kier alpha value is -2.31. The van der Waals surface area contributed by atoms with Crippen LogP contribution in [0.5, 0.6) is 5.75 Å². The second-order valence-electron chi connectivity index (χ2n) is 5.09. The second kappa shape index (κ2) is 6.92. The molecule has 0 aromatic heterocycles. The molecule has 0 saturated carbocycles. The second-order valence-corrected chi connectivity index (χ2v) is 5.09. The number of nitriles is 1. The lowest BCUT2D eigenvalue weighted by atomic mass is 10.0. The maximum Gasteiger partial charge on any atom is 0.124 e. The summed E-state index contributed by atoms with van der Waals surface area (Å²) in [6.45, 7) is 4.53. The van der Waals surface area contributed by atoms with Gasteiger partial charge in [0.2, 0.25) is 0 Å². The van der Waals surface area contributed by atoms with Gasteiger partial charge >= 0.3 is 0 Å². The highest BCUT2D eigenvalue weighted by Crippen LogP contribution is 2.26. The number of rotatable bonds is 5. The normalized spacial score (nSPS) is 11.7. The van der Waals surface area contributed by atoms with Gasteiger partial charge in [-0.25, -0.2) is 0 Å². The number of ether oxygens (including phenoxy) is 1. The van der Waals surface area contributed by atoms with Gasteiger partial charge in [-0.15, -0.1) is 0 Å². The van der Waals surface area contributed by atoms with E-state index in [0.717, 1.165) is 28.9 Å². The molecular formula is C18H20N2O. The van der Waals surface area contributed by atoms with Crippen molar-refractivity contribution in [1.82, 2.24) is 0 Å². The Labute approximate surface area is 126 Å². The maximum atomic E-state index is 8.89. The van der Waals surface area contributed by atoms with Crippen molar-refractivity contribution in [2.24, 2.45) is 5.73 Å². The number of benzene rings is 2. The molecule has 0 saturated heterocycles. The first kappa shape index (κ1) is 15.1. The molecule has 2 aromatic carbocycles. The van der Waals surface area contributed by atoms with E-state index in [1.807, 2.05) is 49.4 Å². The van der Waals surface area contributed by atoms with Crippen LogP contribution in [0.3, 0.4) is 0 Å². The van der Waals surface area contributed by atoms with Crippen molar-refractivity contribution in [2.45, 2.75) is 32.9 Å². The molecule has 108 valence electrons. The van der Waals surface area contributed by atoms with Crippen molar-refractivity contribution in [3.05, 3.63) is 64.7 Å². The average Bonchev–Trinajstić information content (AvgIpc) is 2.53. The number of para-hydroxylation sites is 1. The van der Waals surface area contributed by atoms with Gasteiger partial charge in [0.05, 0.1) is 11.6 Å². The number of nitrogens with zero attached hydrogens (tertiary/aromatic N) is 1. The summed E-state index contributed by atoms with van der Waals surface area (Å²) in [6, 6.07) is 15.7. The Morgan fingerprint density at radius 1 is 1.24 bits per heavy atom. The zero-order valence-electron chi connectivity index (χ0n) is 12.5. The molecule has 0 radical (unpaired) electrons. The van der Waals surface area contributed by atoms with Crippen molar-refractivity contribution >= 4 is 0 Å². The SMILES string of the molecule is CC[C@H](N)c1ccccc1OCc1ccc(C#N)cc1C. The third kappa shape index (κ3) is 3.62. The van der Waals surface area contributed by atoms with E-state index in [1.165, 1.54) is 0 Å². The van der Waals surface area contributed by atoms with E-state index >= 15 is 0 Å². The fourth-order valence-corrected chi connectivity index (χ4v) is 2.22. The van der Waals surface area contributed by atoms with Gasteiger partial charge in [0.25, 0.3) is 0 Å². The highest BCUT2D eigenvalue weighted by atomic mass is 16.5. The predicted molar refractivity (Wildman–Crippen MR) is 83.9 cm³/mol. The molecule has 0 spiro atoms. The van der Waals surface area contributed by atoms with E-state index in [9.17, 15) is 0 Å². The fraction of sp³-hybridized carbons (Fsp3) is 0.278. The van der Waals surface area contributed by atoms with Gasteiger partial charge in [0.15, 0.2) is 0 Å². The highest BCUT2D eigenvalue weighted by Gasteiger charge is 2.10. The van der Waals surface area contributed by atoms with E-state index in [0.29, 0.717) is 12.2 Å². The van der Waals surface area contributed by atoms with Crippen LogP contribution < -0.4 is 10.5 Å². The van der Waals surface area contributed by atoms with E-state index in [-0.39, 0.29) is 6.04 Å². The Morgan fingerprint density at radius 2 is 2.00 bits per heavy atom. The van der Waals surface area contributed by atoms with Gasteiger partial charge in [-0.05, 0) is 42.7 Å². The minimum absolute atomic E-state index is 0.0109. The molecule has 2 rings (SSSR count). The summed E-state index contributed by atoms with van der Waals surface area (Å²) in [6.07, 6.45) is 0.871. The van der Waals surface area contributed by atoms with E-state index in [4.69, 9.17) is 15.7 Å². The first-order valence-corrected chi connectivity index (χ1v) is 7.12. The summed E-state index contributed by atoms with van der Waals surface area (Å²) < 4.78 is 5.94. The number of aryl methyl sites for hydroxylation is 1. The third-order valence-electron chi connectivity index (χ3n) is 3.61. The quantitative estimate of drug-likeness (QED) is 0.904. The first-order valence-electron chi connectivity index (χ1n) is 7.12. The topological polar surface area (TPSA) is 59.0 Å². The Morgan fingerprint density at radius 3 is 2.67 bits per heavy atom. The monoisotopic (exact) mass is 280 g/mol. The standard InChI is InChI=1S/C18H20N2O/c1-3-17(20)16-6-4-5-7-18(16)21-12-15-9-8-14(11-19)10-13(15)2/h4-10,17H,3,12,20H2,1-2H3/t17-/m0/s1. The van der Waals surface area contributed by atoms with Gasteiger partial charge in [-0.1, -0.05) is 31.2 Å². The smallest absolute Gasteiger partial charge is 0.124 e. The number of hydrogen-bond donors (Lipinski definition) is 1. The Kier molecular flexibility index (Phi) is 4.97. The average molecular weight is 280 g/mol. The molecule has 21 heavy (non-hydrogen) atoms. The minimum atomic E-state index is -0.0109. The molecule has 3 heteroatoms. The zero-order chi connectivity index (χ0) is 15.2. The van der Waals surface area contributed by atoms with Gasteiger partial charge in [0, 0.05) is 11.6 Å². The molecule has 0 aliphatic carbocycles. The van der Waals surface area contributed by atoms with Crippen LogP contribution in [0.2, 0.25) is 0 Å². The van der Waals surface area contributed by atoms with Gasteiger partial charge in [-0.2, -0.15) is 5.26 Å². The van der Waals surface area contributed by atoms with Crippen LogP contribution in [0.25, 0.3) is 0 Å². The van der Waals surface area contributed by atoms with Crippen LogP contribution in [0.4, 0.5) is 0 Å². The van der Waals surface area contributed by atoms with Crippen LogP contribution in [0, 0.1) is 18.3 Å². The summed E-state index contributed by atoms with van der Waals surface area (Å²) in [7, 11) is 0. The Bertz CT molecular complexity index is 659. The summed E-state index contributed by atoms with van der Waals surface area (Å²) in [5, 5.41) is 8.89. The van der Waals surface area contributed by atoms with E-state index < -0.39 is 0 Å². The van der Waals surface area contributed by atoms with Crippen LogP contribution >= 0.6 is 0 Å². The van der Waals surface area contributed by atoms with Crippen LogP contribution in [-0.2, 0) is 6.61 Å². The van der Waals surface area contributed by atoms with Gasteiger partial charge in [-0.3, -0.25) is 0 Å². The molecule has 0 heterocycles. The van der Waals surface area contributed by atoms with Crippen molar-refractivity contribution in [1.29, 1.82) is 5.26 Å². The summed E-state index contributed by atoms with van der Waals surface area (Å²) in [5.41, 5.74) is 9.96. The van der Waals surface area contributed by atoms with E-state index in [1.54, 1.807) is 0 Å². The molecule has 1 atom stereocenters. The van der Waals surface area contributed by atoms with E-state index in [2.05, 4.69) is 13.0 Å². The fourth-order valence-electron chi connectivity index (χ4n) is 2.22. The number of hydrogen-bond acceptors (Lipinski definition) is 3. The largest absolute Gasteiger partial charge is 0.489 e. The molecule has 0 fully saturated rings. The predicted octanol–water partition coefficient (Wildman–Crippen LogP) is 3.86. The first-order chi connectivity index (χ1) is 10.2. The van der Waals surface area contributed by atoms with Crippen molar-refractivity contribution in [2.75, 3.05) is 0 Å². The lowest BCUT2D eigenvalue weighted by Gasteiger charge is -2.16. The highest BCUT2D eigenvalue weighted by molar-refractivity contribution is 5.39. The molecule has 0 bridgehead atoms. The molecule has 2 N–H and O–H groups in total. The summed E-state index contributed by atoms with van der Waals surface area (Å²) in [5.74, 6) is 0.829. The van der Waals surface area contributed by atoms with Gasteiger partial charge in [0.1, 0.15) is 12.4 Å². The maximum absolute atomic E-state index is 8.89. The minimum Gasteiger partial charge on any atom is -0.489 e.